The number of nitrogens with zero attached hydrogens (tertiary/aromatic N) is 4. The van der Waals surface area contributed by atoms with E-state index in [0.29, 0.717) is 11.8 Å². The van der Waals surface area contributed by atoms with E-state index in [4.69, 9.17) is 0 Å². The highest BCUT2D eigenvalue weighted by Gasteiger charge is 2.26. The predicted molar refractivity (Wildman–Crippen MR) is 57.7 cm³/mol. The van der Waals surface area contributed by atoms with Crippen molar-refractivity contribution < 1.29 is 4.79 Å². The molecule has 1 fully saturated rings. The fourth-order valence-electron chi connectivity index (χ4n) is 1.19. The van der Waals surface area contributed by atoms with Crippen molar-refractivity contribution in [2.24, 2.45) is 0 Å². The monoisotopic (exact) mass is 226 g/mol. The van der Waals surface area contributed by atoms with Crippen molar-refractivity contribution in [3.63, 3.8) is 0 Å². The van der Waals surface area contributed by atoms with E-state index in [9.17, 15) is 4.79 Å². The molecule has 0 unspecified atom stereocenters. The van der Waals surface area contributed by atoms with Crippen molar-refractivity contribution in [3.05, 3.63) is 6.33 Å². The molecule has 0 radical (unpaired) electrons. The lowest BCUT2D eigenvalue weighted by atomic mass is 10.6. The first-order chi connectivity index (χ1) is 7.18. The van der Waals surface area contributed by atoms with Gasteiger partial charge in [0.05, 0.1) is 5.75 Å². The van der Waals surface area contributed by atoms with Gasteiger partial charge in [-0.3, -0.25) is 4.79 Å². The maximum atomic E-state index is 11.4. The number of hydrogen-bond acceptors (Lipinski definition) is 4. The number of carbonyl (C=O) groups excluding carboxylic acids is 1. The van der Waals surface area contributed by atoms with Crippen molar-refractivity contribution in [1.82, 2.24) is 19.7 Å². The molecular weight excluding hydrogens is 212 g/mol. The maximum absolute atomic E-state index is 11.4. The van der Waals surface area contributed by atoms with Crippen molar-refractivity contribution >= 4 is 17.7 Å². The van der Waals surface area contributed by atoms with E-state index >= 15 is 0 Å². The molecule has 1 heterocycles. The van der Waals surface area contributed by atoms with Crippen LogP contribution in [0, 0.1) is 0 Å². The third-order valence-corrected chi connectivity index (χ3v) is 3.25. The summed E-state index contributed by atoms with van der Waals surface area (Å²) in [7, 11) is 3.52. The van der Waals surface area contributed by atoms with Crippen molar-refractivity contribution in [2.75, 3.05) is 19.8 Å². The molecule has 15 heavy (non-hydrogen) atoms. The average Bonchev–Trinajstić information content (AvgIpc) is 2.94. The number of amides is 1. The first-order valence-electron chi connectivity index (χ1n) is 4.91. The molecule has 0 saturated heterocycles. The Labute approximate surface area is 92.9 Å². The number of hydrogen-bond donors (Lipinski definition) is 0. The minimum absolute atomic E-state index is 0.102. The second-order valence-corrected chi connectivity index (χ2v) is 4.77. The van der Waals surface area contributed by atoms with Gasteiger partial charge in [-0.1, -0.05) is 11.8 Å². The summed E-state index contributed by atoms with van der Waals surface area (Å²) in [5, 5.41) is 8.74. The summed E-state index contributed by atoms with van der Waals surface area (Å²) in [6.07, 6.45) is 4.15. The summed E-state index contributed by atoms with van der Waals surface area (Å²) in [6.45, 7) is 0. The predicted octanol–water partition coefficient (Wildman–Crippen LogP) is 0.793. The molecule has 1 aliphatic carbocycles. The SMILES string of the molecule is CN(C)C(=O)CSc1nncn1C1CC1. The van der Waals surface area contributed by atoms with E-state index in [1.54, 1.807) is 25.3 Å². The van der Waals surface area contributed by atoms with Gasteiger partial charge in [0, 0.05) is 20.1 Å². The van der Waals surface area contributed by atoms with Crippen molar-refractivity contribution in [1.29, 1.82) is 0 Å². The standard InChI is InChI=1S/C9H14N4OS/c1-12(2)8(14)5-15-9-11-10-6-13(9)7-3-4-7/h6-7H,3-5H2,1-2H3. The van der Waals surface area contributed by atoms with E-state index < -0.39 is 0 Å². The molecule has 5 nitrogen and oxygen atoms in total. The molecule has 0 aliphatic heterocycles. The number of thioether (sulfide) groups is 1. The summed E-state index contributed by atoms with van der Waals surface area (Å²) in [6, 6.07) is 0.567. The normalized spacial score (nSPS) is 15.3. The van der Waals surface area contributed by atoms with Crippen LogP contribution in [0.1, 0.15) is 18.9 Å². The molecule has 0 atom stereocenters. The van der Waals surface area contributed by atoms with Gasteiger partial charge in [0.1, 0.15) is 6.33 Å². The van der Waals surface area contributed by atoms with E-state index in [0.717, 1.165) is 5.16 Å². The second-order valence-electron chi connectivity index (χ2n) is 3.83. The van der Waals surface area contributed by atoms with Gasteiger partial charge in [0.15, 0.2) is 5.16 Å². The zero-order valence-electron chi connectivity index (χ0n) is 8.88. The molecule has 0 bridgehead atoms. The summed E-state index contributed by atoms with van der Waals surface area (Å²) >= 11 is 1.46. The highest BCUT2D eigenvalue weighted by atomic mass is 32.2. The number of rotatable bonds is 4. The molecule has 0 spiro atoms. The highest BCUT2D eigenvalue weighted by molar-refractivity contribution is 7.99. The van der Waals surface area contributed by atoms with Crippen LogP contribution in [0.5, 0.6) is 0 Å². The van der Waals surface area contributed by atoms with Gasteiger partial charge in [-0.15, -0.1) is 10.2 Å². The van der Waals surface area contributed by atoms with Gasteiger partial charge in [0.25, 0.3) is 0 Å². The Bertz CT molecular complexity index is 359. The maximum Gasteiger partial charge on any atom is 0.232 e. The smallest absolute Gasteiger partial charge is 0.232 e. The van der Waals surface area contributed by atoms with Crippen LogP contribution in [0.15, 0.2) is 11.5 Å². The molecule has 1 saturated carbocycles. The van der Waals surface area contributed by atoms with E-state index in [-0.39, 0.29) is 5.91 Å². The minimum atomic E-state index is 0.102. The highest BCUT2D eigenvalue weighted by Crippen LogP contribution is 2.37. The van der Waals surface area contributed by atoms with Crippen LogP contribution in [-0.2, 0) is 4.79 Å². The molecule has 82 valence electrons. The lowest BCUT2D eigenvalue weighted by Gasteiger charge is -2.09. The molecule has 0 aromatic carbocycles. The fourth-order valence-corrected chi connectivity index (χ4v) is 2.15. The molecular formula is C9H14N4OS. The van der Waals surface area contributed by atoms with Gasteiger partial charge in [-0.2, -0.15) is 0 Å². The second kappa shape index (κ2) is 4.22. The van der Waals surface area contributed by atoms with E-state index in [2.05, 4.69) is 14.8 Å². The van der Waals surface area contributed by atoms with Gasteiger partial charge >= 0.3 is 0 Å². The molecule has 1 amide bonds. The minimum Gasteiger partial charge on any atom is -0.348 e. The van der Waals surface area contributed by atoms with Gasteiger partial charge in [-0.25, -0.2) is 0 Å². The van der Waals surface area contributed by atoms with Crippen LogP contribution < -0.4 is 0 Å². The summed E-state index contributed by atoms with van der Waals surface area (Å²) in [5.41, 5.74) is 0. The van der Waals surface area contributed by atoms with Crippen LogP contribution in [-0.4, -0.2) is 45.4 Å². The zero-order chi connectivity index (χ0) is 10.8. The molecule has 1 aliphatic rings. The van der Waals surface area contributed by atoms with E-state index in [1.165, 1.54) is 24.6 Å². The third kappa shape index (κ3) is 2.50. The summed E-state index contributed by atoms with van der Waals surface area (Å²) in [4.78, 5) is 13.0. The number of aromatic nitrogens is 3. The Hall–Kier alpha value is -1.04. The van der Waals surface area contributed by atoms with Crippen LogP contribution in [0.4, 0.5) is 0 Å². The lowest BCUT2D eigenvalue weighted by molar-refractivity contribution is -0.125. The van der Waals surface area contributed by atoms with Crippen molar-refractivity contribution in [3.8, 4) is 0 Å². The molecule has 2 rings (SSSR count). The first-order valence-corrected chi connectivity index (χ1v) is 5.89. The van der Waals surface area contributed by atoms with Crippen molar-refractivity contribution in [2.45, 2.75) is 24.0 Å². The van der Waals surface area contributed by atoms with Crippen LogP contribution in [0.25, 0.3) is 0 Å². The van der Waals surface area contributed by atoms with Gasteiger partial charge < -0.3 is 9.47 Å². The molecule has 1 aromatic heterocycles. The van der Waals surface area contributed by atoms with Crippen LogP contribution in [0.3, 0.4) is 0 Å². The first kappa shape index (κ1) is 10.5. The Morgan fingerprint density at radius 3 is 3.00 bits per heavy atom. The van der Waals surface area contributed by atoms with Gasteiger partial charge in [0.2, 0.25) is 5.91 Å². The summed E-state index contributed by atoms with van der Waals surface area (Å²) in [5.74, 6) is 0.531. The summed E-state index contributed by atoms with van der Waals surface area (Å²) < 4.78 is 2.06. The third-order valence-electron chi connectivity index (χ3n) is 2.30. The van der Waals surface area contributed by atoms with E-state index in [1.807, 2.05) is 0 Å². The fraction of sp³-hybridized carbons (Fsp3) is 0.667. The Kier molecular flexibility index (Phi) is 2.95. The molecule has 0 N–H and O–H groups in total. The topological polar surface area (TPSA) is 51.0 Å². The van der Waals surface area contributed by atoms with Crippen LogP contribution in [0.2, 0.25) is 0 Å². The van der Waals surface area contributed by atoms with Crippen LogP contribution >= 0.6 is 11.8 Å². The average molecular weight is 226 g/mol. The molecule has 1 aromatic rings. The Morgan fingerprint density at radius 1 is 1.67 bits per heavy atom. The quantitative estimate of drug-likeness (QED) is 0.712. The zero-order valence-corrected chi connectivity index (χ0v) is 9.70. The Balaban J connectivity index is 1.93. The number of carbonyl (C=O) groups is 1. The lowest BCUT2D eigenvalue weighted by Crippen LogP contribution is -2.23. The largest absolute Gasteiger partial charge is 0.348 e. The Morgan fingerprint density at radius 2 is 2.40 bits per heavy atom. The molecule has 6 heteroatoms. The van der Waals surface area contributed by atoms with Gasteiger partial charge in [-0.05, 0) is 12.8 Å².